The van der Waals surface area contributed by atoms with Crippen molar-refractivity contribution in [2.45, 2.75) is 0 Å². The zero-order valence-corrected chi connectivity index (χ0v) is 12.6. The van der Waals surface area contributed by atoms with Gasteiger partial charge in [-0.2, -0.15) is 10.2 Å². The Labute approximate surface area is 124 Å². The summed E-state index contributed by atoms with van der Waals surface area (Å²) < 4.78 is 7.23. The highest BCUT2D eigenvalue weighted by Gasteiger charge is 2.13. The van der Waals surface area contributed by atoms with Crippen LogP contribution in [0.5, 0.6) is 5.75 Å². The van der Waals surface area contributed by atoms with Gasteiger partial charge in [-0.25, -0.2) is 5.43 Å². The van der Waals surface area contributed by atoms with Crippen molar-refractivity contribution in [1.29, 1.82) is 0 Å². The predicted molar refractivity (Wildman–Crippen MR) is 79.0 cm³/mol. The van der Waals surface area contributed by atoms with Crippen LogP contribution < -0.4 is 10.2 Å². The van der Waals surface area contributed by atoms with Gasteiger partial charge in [-0.3, -0.25) is 9.48 Å². The van der Waals surface area contributed by atoms with Gasteiger partial charge in [-0.15, -0.1) is 0 Å². The molecule has 0 atom stereocenters. The van der Waals surface area contributed by atoms with Gasteiger partial charge in [0.15, 0.2) is 5.69 Å². The molecular formula is C13H13BrN4O2. The molecule has 0 aliphatic carbocycles. The summed E-state index contributed by atoms with van der Waals surface area (Å²) >= 11 is 3.26. The average molecular weight is 337 g/mol. The molecule has 0 unspecified atom stereocenters. The average Bonchev–Trinajstić information content (AvgIpc) is 2.78. The van der Waals surface area contributed by atoms with Crippen LogP contribution in [0.3, 0.4) is 0 Å². The van der Waals surface area contributed by atoms with Crippen LogP contribution in [0, 0.1) is 0 Å². The molecule has 2 rings (SSSR count). The lowest BCUT2D eigenvalue weighted by Crippen LogP contribution is -2.18. The molecule has 6 nitrogen and oxygen atoms in total. The summed E-state index contributed by atoms with van der Waals surface area (Å²) in [6.45, 7) is 0. The number of amides is 1. The van der Waals surface area contributed by atoms with Gasteiger partial charge in [-0.1, -0.05) is 0 Å². The molecule has 104 valence electrons. The highest BCUT2D eigenvalue weighted by Crippen LogP contribution is 2.13. The number of carbonyl (C=O) groups excluding carboxylic acids is 1. The van der Waals surface area contributed by atoms with Crippen LogP contribution in [0.2, 0.25) is 0 Å². The molecule has 0 saturated carbocycles. The number of hydrogen-bond acceptors (Lipinski definition) is 4. The lowest BCUT2D eigenvalue weighted by Gasteiger charge is -1.99. The van der Waals surface area contributed by atoms with Crippen molar-refractivity contribution < 1.29 is 9.53 Å². The quantitative estimate of drug-likeness (QED) is 0.685. The SMILES string of the molecule is COc1ccc(/C=N/NC(=O)c2nn(C)cc2Br)cc1. The number of aromatic nitrogens is 2. The number of carbonyl (C=O) groups is 1. The molecule has 0 spiro atoms. The number of hydrazone groups is 1. The van der Waals surface area contributed by atoms with E-state index in [2.05, 4.69) is 31.6 Å². The molecule has 2 aromatic rings. The summed E-state index contributed by atoms with van der Waals surface area (Å²) in [6.07, 6.45) is 3.25. The van der Waals surface area contributed by atoms with Crippen molar-refractivity contribution in [1.82, 2.24) is 15.2 Å². The Morgan fingerprint density at radius 1 is 1.45 bits per heavy atom. The van der Waals surface area contributed by atoms with Crippen molar-refractivity contribution in [3.8, 4) is 5.75 Å². The topological polar surface area (TPSA) is 68.5 Å². The van der Waals surface area contributed by atoms with E-state index in [0.717, 1.165) is 11.3 Å². The van der Waals surface area contributed by atoms with Gasteiger partial charge < -0.3 is 4.74 Å². The van der Waals surface area contributed by atoms with Gasteiger partial charge in [0, 0.05) is 13.2 Å². The Morgan fingerprint density at radius 2 is 2.15 bits per heavy atom. The summed E-state index contributed by atoms with van der Waals surface area (Å²) in [5, 5.41) is 7.91. The fraction of sp³-hybridized carbons (Fsp3) is 0.154. The van der Waals surface area contributed by atoms with Crippen molar-refractivity contribution in [2.75, 3.05) is 7.11 Å². The third-order valence-corrected chi connectivity index (χ3v) is 3.08. The van der Waals surface area contributed by atoms with E-state index < -0.39 is 0 Å². The maximum atomic E-state index is 11.8. The number of halogens is 1. The molecule has 0 bridgehead atoms. The van der Waals surface area contributed by atoms with Crippen LogP contribution in [0.15, 0.2) is 40.0 Å². The minimum Gasteiger partial charge on any atom is -0.497 e. The van der Waals surface area contributed by atoms with E-state index in [1.807, 2.05) is 24.3 Å². The Hall–Kier alpha value is -2.15. The fourth-order valence-corrected chi connectivity index (χ4v) is 2.08. The Kier molecular flexibility index (Phi) is 4.52. The zero-order chi connectivity index (χ0) is 14.5. The maximum absolute atomic E-state index is 11.8. The Morgan fingerprint density at radius 3 is 2.70 bits per heavy atom. The summed E-state index contributed by atoms with van der Waals surface area (Å²) in [5.74, 6) is 0.394. The third-order valence-electron chi connectivity index (χ3n) is 2.49. The second-order valence-electron chi connectivity index (χ2n) is 3.97. The van der Waals surface area contributed by atoms with Crippen LogP contribution in [0.25, 0.3) is 0 Å². The summed E-state index contributed by atoms with van der Waals surface area (Å²) in [6, 6.07) is 7.31. The molecule has 0 saturated heterocycles. The van der Waals surface area contributed by atoms with Crippen molar-refractivity contribution in [2.24, 2.45) is 12.1 Å². The minimum atomic E-state index is -0.373. The first-order chi connectivity index (χ1) is 9.60. The highest BCUT2D eigenvalue weighted by atomic mass is 79.9. The number of nitrogens with one attached hydrogen (secondary N) is 1. The second kappa shape index (κ2) is 6.33. The van der Waals surface area contributed by atoms with E-state index >= 15 is 0 Å². The monoisotopic (exact) mass is 336 g/mol. The predicted octanol–water partition coefficient (Wildman–Crippen LogP) is 1.96. The molecule has 1 amide bonds. The molecule has 1 heterocycles. The number of nitrogens with zero attached hydrogens (tertiary/aromatic N) is 3. The Balaban J connectivity index is 1.98. The molecule has 0 aliphatic heterocycles. The first kappa shape index (κ1) is 14.3. The Bertz CT molecular complexity index is 634. The first-order valence-corrected chi connectivity index (χ1v) is 6.56. The maximum Gasteiger partial charge on any atom is 0.293 e. The minimum absolute atomic E-state index is 0.291. The summed E-state index contributed by atoms with van der Waals surface area (Å²) in [4.78, 5) is 11.8. The number of benzene rings is 1. The van der Waals surface area contributed by atoms with E-state index in [0.29, 0.717) is 10.2 Å². The van der Waals surface area contributed by atoms with Gasteiger partial charge >= 0.3 is 0 Å². The molecule has 0 fully saturated rings. The molecule has 7 heteroatoms. The van der Waals surface area contributed by atoms with Gasteiger partial charge in [0.25, 0.3) is 5.91 Å². The molecule has 1 aromatic carbocycles. The van der Waals surface area contributed by atoms with Crippen LogP contribution in [0.4, 0.5) is 0 Å². The van der Waals surface area contributed by atoms with Crippen LogP contribution in [-0.4, -0.2) is 29.0 Å². The largest absolute Gasteiger partial charge is 0.497 e. The standard InChI is InChI=1S/C13H13BrN4O2/c1-18-8-11(14)12(17-18)13(19)16-15-7-9-3-5-10(20-2)6-4-9/h3-8H,1-2H3,(H,16,19)/b15-7+. The number of hydrogen-bond donors (Lipinski definition) is 1. The van der Waals surface area contributed by atoms with Crippen LogP contribution in [0.1, 0.15) is 16.1 Å². The third kappa shape index (κ3) is 3.45. The number of aryl methyl sites for hydroxylation is 1. The first-order valence-electron chi connectivity index (χ1n) is 5.77. The van der Waals surface area contributed by atoms with E-state index in [4.69, 9.17) is 4.74 Å². The number of methoxy groups -OCH3 is 1. The van der Waals surface area contributed by atoms with Gasteiger partial charge in [0.2, 0.25) is 0 Å². The molecule has 20 heavy (non-hydrogen) atoms. The fourth-order valence-electron chi connectivity index (χ4n) is 1.52. The second-order valence-corrected chi connectivity index (χ2v) is 4.83. The van der Waals surface area contributed by atoms with Crippen LogP contribution >= 0.6 is 15.9 Å². The van der Waals surface area contributed by atoms with E-state index in [9.17, 15) is 4.79 Å². The van der Waals surface area contributed by atoms with Crippen molar-refractivity contribution in [3.63, 3.8) is 0 Å². The van der Waals surface area contributed by atoms with Gasteiger partial charge in [0.1, 0.15) is 5.75 Å². The lowest BCUT2D eigenvalue weighted by molar-refractivity contribution is 0.0948. The molecular weight excluding hydrogens is 324 g/mol. The molecule has 0 aliphatic rings. The van der Waals surface area contributed by atoms with Crippen molar-refractivity contribution in [3.05, 3.63) is 46.2 Å². The molecule has 0 radical (unpaired) electrons. The molecule has 1 N–H and O–H groups in total. The van der Waals surface area contributed by atoms with E-state index in [-0.39, 0.29) is 5.91 Å². The number of ether oxygens (including phenoxy) is 1. The number of rotatable bonds is 4. The highest BCUT2D eigenvalue weighted by molar-refractivity contribution is 9.10. The smallest absolute Gasteiger partial charge is 0.293 e. The van der Waals surface area contributed by atoms with Crippen molar-refractivity contribution >= 4 is 28.1 Å². The zero-order valence-electron chi connectivity index (χ0n) is 11.0. The van der Waals surface area contributed by atoms with Gasteiger partial charge in [0.05, 0.1) is 17.8 Å². The van der Waals surface area contributed by atoms with Crippen LogP contribution in [-0.2, 0) is 7.05 Å². The normalized spacial score (nSPS) is 10.8. The van der Waals surface area contributed by atoms with Gasteiger partial charge in [-0.05, 0) is 45.8 Å². The summed E-state index contributed by atoms with van der Waals surface area (Å²) in [7, 11) is 3.34. The summed E-state index contributed by atoms with van der Waals surface area (Å²) in [5.41, 5.74) is 3.57. The van der Waals surface area contributed by atoms with E-state index in [1.54, 1.807) is 31.3 Å². The molecule has 1 aromatic heterocycles. The van der Waals surface area contributed by atoms with E-state index in [1.165, 1.54) is 0 Å². The lowest BCUT2D eigenvalue weighted by atomic mass is 10.2.